The number of nitrogens with one attached hydrogen (secondary N) is 2. The highest BCUT2D eigenvalue weighted by Crippen LogP contribution is 2.20. The Hall–Kier alpha value is -2.33. The summed E-state index contributed by atoms with van der Waals surface area (Å²) >= 11 is 5.96. The molecule has 0 radical (unpaired) electrons. The second-order valence-corrected chi connectivity index (χ2v) is 5.75. The molecule has 0 bridgehead atoms. The van der Waals surface area contributed by atoms with E-state index in [9.17, 15) is 9.59 Å². The number of carbonyl (C=O) groups excluding carboxylic acids is 2. The highest BCUT2D eigenvalue weighted by Gasteiger charge is 2.05. The maximum Gasteiger partial charge on any atom is 0.226 e. The van der Waals surface area contributed by atoms with E-state index >= 15 is 0 Å². The van der Waals surface area contributed by atoms with E-state index < -0.39 is 0 Å². The van der Waals surface area contributed by atoms with Gasteiger partial charge in [-0.15, -0.1) is 0 Å². The molecule has 0 aromatic heterocycles. The molecule has 0 atom stereocenters. The molecule has 0 saturated carbocycles. The zero-order chi connectivity index (χ0) is 16.8. The van der Waals surface area contributed by atoms with Crippen LogP contribution in [0.4, 0.5) is 11.4 Å². The monoisotopic (exact) mass is 330 g/mol. The minimum Gasteiger partial charge on any atom is -0.384 e. The summed E-state index contributed by atoms with van der Waals surface area (Å²) in [5.41, 5.74) is 3.31. The van der Waals surface area contributed by atoms with Crippen molar-refractivity contribution in [3.63, 3.8) is 0 Å². The van der Waals surface area contributed by atoms with Crippen molar-refractivity contribution in [2.24, 2.45) is 0 Å². The molecule has 0 unspecified atom stereocenters. The largest absolute Gasteiger partial charge is 0.384 e. The number of anilines is 2. The fourth-order valence-electron chi connectivity index (χ4n) is 2.11. The van der Waals surface area contributed by atoms with Gasteiger partial charge >= 0.3 is 0 Å². The molecule has 0 fully saturated rings. The molecule has 23 heavy (non-hydrogen) atoms. The molecule has 5 heteroatoms. The Bertz CT molecular complexity index is 711. The first kappa shape index (κ1) is 17.0. The number of hydrogen-bond acceptors (Lipinski definition) is 3. The normalized spacial score (nSPS) is 10.2. The van der Waals surface area contributed by atoms with Crippen molar-refractivity contribution in [1.82, 2.24) is 0 Å². The van der Waals surface area contributed by atoms with E-state index in [0.29, 0.717) is 29.2 Å². The zero-order valence-corrected chi connectivity index (χ0v) is 13.9. The van der Waals surface area contributed by atoms with Gasteiger partial charge in [0.15, 0.2) is 5.78 Å². The number of benzene rings is 2. The van der Waals surface area contributed by atoms with Crippen molar-refractivity contribution in [3.8, 4) is 0 Å². The lowest BCUT2D eigenvalue weighted by molar-refractivity contribution is -0.115. The van der Waals surface area contributed by atoms with E-state index in [1.54, 1.807) is 24.3 Å². The van der Waals surface area contributed by atoms with Crippen molar-refractivity contribution < 1.29 is 9.59 Å². The molecule has 0 saturated heterocycles. The Kier molecular flexibility index (Phi) is 5.77. The highest BCUT2D eigenvalue weighted by molar-refractivity contribution is 6.30. The van der Waals surface area contributed by atoms with Crippen molar-refractivity contribution in [2.75, 3.05) is 17.2 Å². The summed E-state index contributed by atoms with van der Waals surface area (Å²) in [6, 6.07) is 12.5. The Morgan fingerprint density at radius 3 is 2.43 bits per heavy atom. The molecule has 4 nitrogen and oxygen atoms in total. The average Bonchev–Trinajstić information content (AvgIpc) is 2.51. The van der Waals surface area contributed by atoms with Crippen LogP contribution in [0.1, 0.15) is 29.3 Å². The second kappa shape index (κ2) is 7.79. The third-order valence-corrected chi connectivity index (χ3v) is 3.68. The van der Waals surface area contributed by atoms with Gasteiger partial charge in [-0.25, -0.2) is 0 Å². The first-order chi connectivity index (χ1) is 11.0. The lowest BCUT2D eigenvalue weighted by Gasteiger charge is -2.10. The highest BCUT2D eigenvalue weighted by atomic mass is 35.5. The molecular weight excluding hydrogens is 312 g/mol. The minimum absolute atomic E-state index is 0.00367. The number of amides is 1. The standard InChI is InChI=1S/C18H19ClN2O2/c1-12-3-6-15(19)11-17(12)20-10-9-18(23)21-16-7-4-14(5-8-16)13(2)22/h3-8,11,20H,9-10H2,1-2H3,(H,21,23). The topological polar surface area (TPSA) is 58.2 Å². The summed E-state index contributed by atoms with van der Waals surface area (Å²) in [7, 11) is 0. The fraction of sp³-hybridized carbons (Fsp3) is 0.222. The van der Waals surface area contributed by atoms with Gasteiger partial charge in [0.1, 0.15) is 0 Å². The first-order valence-electron chi connectivity index (χ1n) is 7.36. The van der Waals surface area contributed by atoms with Crippen LogP contribution >= 0.6 is 11.6 Å². The van der Waals surface area contributed by atoms with Gasteiger partial charge in [0.25, 0.3) is 0 Å². The molecule has 0 aliphatic carbocycles. The van der Waals surface area contributed by atoms with Crippen LogP contribution in [0.5, 0.6) is 0 Å². The van der Waals surface area contributed by atoms with Gasteiger partial charge in [-0.3, -0.25) is 9.59 Å². The van der Waals surface area contributed by atoms with Gasteiger partial charge in [0.2, 0.25) is 5.91 Å². The molecule has 0 aliphatic heterocycles. The van der Waals surface area contributed by atoms with E-state index in [1.807, 2.05) is 25.1 Å². The van der Waals surface area contributed by atoms with Gasteiger partial charge in [0.05, 0.1) is 0 Å². The quantitative estimate of drug-likeness (QED) is 0.777. The third-order valence-electron chi connectivity index (χ3n) is 3.44. The number of Topliss-reactive ketones (excluding diaryl/α,β-unsaturated/α-hetero) is 1. The maximum atomic E-state index is 11.9. The second-order valence-electron chi connectivity index (χ2n) is 5.32. The van der Waals surface area contributed by atoms with Crippen LogP contribution in [-0.2, 0) is 4.79 Å². The fourth-order valence-corrected chi connectivity index (χ4v) is 2.28. The van der Waals surface area contributed by atoms with Crippen molar-refractivity contribution >= 4 is 34.7 Å². The molecule has 0 aliphatic rings. The van der Waals surface area contributed by atoms with Crippen LogP contribution in [0, 0.1) is 6.92 Å². The van der Waals surface area contributed by atoms with Crippen molar-refractivity contribution in [3.05, 3.63) is 58.6 Å². The molecule has 1 amide bonds. The first-order valence-corrected chi connectivity index (χ1v) is 7.74. The van der Waals surface area contributed by atoms with Gasteiger partial charge in [0, 0.05) is 34.9 Å². The number of hydrogen-bond donors (Lipinski definition) is 2. The van der Waals surface area contributed by atoms with E-state index in [-0.39, 0.29) is 11.7 Å². The predicted octanol–water partition coefficient (Wildman–Crippen LogP) is 4.29. The third kappa shape index (κ3) is 5.11. The molecule has 2 N–H and O–H groups in total. The Labute approximate surface area is 140 Å². The minimum atomic E-state index is -0.0900. The van der Waals surface area contributed by atoms with Crippen molar-refractivity contribution in [1.29, 1.82) is 0 Å². The maximum absolute atomic E-state index is 11.9. The van der Waals surface area contributed by atoms with Crippen LogP contribution in [0.3, 0.4) is 0 Å². The average molecular weight is 331 g/mol. The van der Waals surface area contributed by atoms with Crippen LogP contribution < -0.4 is 10.6 Å². The number of rotatable bonds is 6. The van der Waals surface area contributed by atoms with Crippen LogP contribution in [0.25, 0.3) is 0 Å². The van der Waals surface area contributed by atoms with E-state index in [2.05, 4.69) is 10.6 Å². The van der Waals surface area contributed by atoms with E-state index in [1.165, 1.54) is 6.92 Å². The summed E-state index contributed by atoms with van der Waals surface area (Å²) in [6.07, 6.45) is 0.334. The lowest BCUT2D eigenvalue weighted by Crippen LogP contribution is -2.16. The molecule has 0 spiro atoms. The molecule has 120 valence electrons. The SMILES string of the molecule is CC(=O)c1ccc(NC(=O)CCNc2cc(Cl)ccc2C)cc1. The summed E-state index contributed by atoms with van der Waals surface area (Å²) in [5, 5.41) is 6.67. The number of carbonyl (C=O) groups is 2. The zero-order valence-electron chi connectivity index (χ0n) is 13.2. The van der Waals surface area contributed by atoms with Gasteiger partial charge < -0.3 is 10.6 Å². The van der Waals surface area contributed by atoms with Crippen LogP contribution in [0.15, 0.2) is 42.5 Å². The molecule has 0 heterocycles. The Morgan fingerprint density at radius 2 is 1.78 bits per heavy atom. The van der Waals surface area contributed by atoms with E-state index in [4.69, 9.17) is 11.6 Å². The van der Waals surface area contributed by atoms with Crippen molar-refractivity contribution in [2.45, 2.75) is 20.3 Å². The van der Waals surface area contributed by atoms with Gasteiger partial charge in [-0.1, -0.05) is 17.7 Å². The van der Waals surface area contributed by atoms with Gasteiger partial charge in [-0.05, 0) is 55.8 Å². The van der Waals surface area contributed by atoms with Crippen LogP contribution in [0.2, 0.25) is 5.02 Å². The van der Waals surface area contributed by atoms with E-state index in [0.717, 1.165) is 11.3 Å². The summed E-state index contributed by atoms with van der Waals surface area (Å²) < 4.78 is 0. The molecule has 2 aromatic carbocycles. The Balaban J connectivity index is 1.83. The molecule has 2 aromatic rings. The Morgan fingerprint density at radius 1 is 1.09 bits per heavy atom. The lowest BCUT2D eigenvalue weighted by atomic mass is 10.1. The molecule has 2 rings (SSSR count). The number of ketones is 1. The summed E-state index contributed by atoms with van der Waals surface area (Å²) in [6.45, 7) is 4.00. The predicted molar refractivity (Wildman–Crippen MR) is 94.4 cm³/mol. The van der Waals surface area contributed by atoms with Gasteiger partial charge in [-0.2, -0.15) is 0 Å². The molecular formula is C18H19ClN2O2. The number of aryl methyl sites for hydroxylation is 1. The summed E-state index contributed by atoms with van der Waals surface area (Å²) in [4.78, 5) is 23.1. The van der Waals surface area contributed by atoms with Crippen LogP contribution in [-0.4, -0.2) is 18.2 Å². The smallest absolute Gasteiger partial charge is 0.226 e. The number of halogens is 1. The summed E-state index contributed by atoms with van der Waals surface area (Å²) in [5.74, 6) is -0.0864.